The smallest absolute Gasteiger partial charge is 0.449 e. The Bertz CT molecular complexity index is 935. The molecule has 136 valence electrons. The standard InChI is InChI=1S/C18H15F3N2O3/c1-2-25-14-9-5-6-10-15(14)26-16(24)11-23-13-8-4-3-7-12(13)22-17(23)18(19,20)21/h3-10H,2,11H2,1H3. The first-order valence-electron chi connectivity index (χ1n) is 7.85. The number of fused-ring (bicyclic) bond motifs is 1. The summed E-state index contributed by atoms with van der Waals surface area (Å²) in [5.41, 5.74) is 0.359. The topological polar surface area (TPSA) is 53.4 Å². The Morgan fingerprint density at radius 3 is 2.42 bits per heavy atom. The molecule has 0 amide bonds. The molecule has 0 aliphatic carbocycles. The third kappa shape index (κ3) is 3.63. The van der Waals surface area contributed by atoms with E-state index in [0.717, 1.165) is 4.57 Å². The van der Waals surface area contributed by atoms with Crippen LogP contribution in [0.1, 0.15) is 12.7 Å². The fourth-order valence-corrected chi connectivity index (χ4v) is 2.55. The Morgan fingerprint density at radius 1 is 1.08 bits per heavy atom. The molecule has 1 heterocycles. The summed E-state index contributed by atoms with van der Waals surface area (Å²) >= 11 is 0. The van der Waals surface area contributed by atoms with Crippen LogP contribution in [0.25, 0.3) is 11.0 Å². The van der Waals surface area contributed by atoms with Crippen LogP contribution >= 0.6 is 0 Å². The largest absolute Gasteiger partial charge is 0.490 e. The van der Waals surface area contributed by atoms with E-state index in [1.807, 2.05) is 0 Å². The number of carbonyl (C=O) groups is 1. The highest BCUT2D eigenvalue weighted by Gasteiger charge is 2.38. The number of rotatable bonds is 5. The molecule has 0 radical (unpaired) electrons. The second kappa shape index (κ2) is 7.07. The minimum Gasteiger partial charge on any atom is -0.490 e. The first-order valence-corrected chi connectivity index (χ1v) is 7.85. The van der Waals surface area contributed by atoms with Gasteiger partial charge in [-0.25, -0.2) is 9.78 Å². The third-order valence-corrected chi connectivity index (χ3v) is 3.57. The lowest BCUT2D eigenvalue weighted by Gasteiger charge is -2.13. The van der Waals surface area contributed by atoms with E-state index in [4.69, 9.17) is 9.47 Å². The molecule has 0 aliphatic rings. The molecular formula is C18H15F3N2O3. The normalized spacial score (nSPS) is 11.5. The number of para-hydroxylation sites is 4. The van der Waals surface area contributed by atoms with Crippen LogP contribution in [0.4, 0.5) is 13.2 Å². The van der Waals surface area contributed by atoms with Crippen LogP contribution in [-0.4, -0.2) is 22.1 Å². The lowest BCUT2D eigenvalue weighted by Crippen LogP contribution is -2.22. The van der Waals surface area contributed by atoms with Gasteiger partial charge in [-0.05, 0) is 31.2 Å². The molecule has 0 N–H and O–H groups in total. The van der Waals surface area contributed by atoms with Gasteiger partial charge in [0.25, 0.3) is 0 Å². The molecule has 0 saturated heterocycles. The van der Waals surface area contributed by atoms with Crippen LogP contribution in [0.2, 0.25) is 0 Å². The summed E-state index contributed by atoms with van der Waals surface area (Å²) in [6.45, 7) is 1.50. The van der Waals surface area contributed by atoms with Gasteiger partial charge in [0.15, 0.2) is 11.5 Å². The molecule has 0 unspecified atom stereocenters. The molecule has 0 spiro atoms. The van der Waals surface area contributed by atoms with Crippen molar-refractivity contribution in [3.05, 3.63) is 54.4 Å². The number of halogens is 3. The van der Waals surface area contributed by atoms with E-state index in [-0.39, 0.29) is 16.8 Å². The molecule has 1 aromatic heterocycles. The first kappa shape index (κ1) is 17.8. The van der Waals surface area contributed by atoms with Crippen molar-refractivity contribution in [2.75, 3.05) is 6.61 Å². The number of nitrogens with zero attached hydrogens (tertiary/aromatic N) is 2. The van der Waals surface area contributed by atoms with Gasteiger partial charge in [-0.1, -0.05) is 24.3 Å². The molecule has 2 aromatic carbocycles. The monoisotopic (exact) mass is 364 g/mol. The minimum atomic E-state index is -4.69. The van der Waals surface area contributed by atoms with Crippen molar-refractivity contribution in [3.8, 4) is 11.5 Å². The van der Waals surface area contributed by atoms with Crippen LogP contribution in [0, 0.1) is 0 Å². The number of aromatic nitrogens is 2. The predicted octanol–water partition coefficient (Wildman–Crippen LogP) is 4.06. The maximum absolute atomic E-state index is 13.3. The summed E-state index contributed by atoms with van der Waals surface area (Å²) in [5.74, 6) is -1.51. The summed E-state index contributed by atoms with van der Waals surface area (Å²) in [6, 6.07) is 12.6. The van der Waals surface area contributed by atoms with Crippen LogP contribution in [0.5, 0.6) is 11.5 Å². The fourth-order valence-electron chi connectivity index (χ4n) is 2.55. The third-order valence-electron chi connectivity index (χ3n) is 3.57. The molecule has 3 rings (SSSR count). The first-order chi connectivity index (χ1) is 12.4. The maximum atomic E-state index is 13.3. The number of carbonyl (C=O) groups excluding carboxylic acids is 1. The van der Waals surface area contributed by atoms with Crippen molar-refractivity contribution in [1.29, 1.82) is 0 Å². The average Bonchev–Trinajstić information content (AvgIpc) is 2.96. The van der Waals surface area contributed by atoms with Crippen molar-refractivity contribution in [3.63, 3.8) is 0 Å². The highest BCUT2D eigenvalue weighted by molar-refractivity contribution is 5.80. The van der Waals surface area contributed by atoms with Crippen molar-refractivity contribution in [2.45, 2.75) is 19.6 Å². The van der Waals surface area contributed by atoms with E-state index >= 15 is 0 Å². The number of ether oxygens (including phenoxy) is 2. The highest BCUT2D eigenvalue weighted by Crippen LogP contribution is 2.32. The number of esters is 1. The van der Waals surface area contributed by atoms with E-state index in [1.165, 1.54) is 18.2 Å². The molecule has 0 bridgehead atoms. The maximum Gasteiger partial charge on any atom is 0.449 e. The SMILES string of the molecule is CCOc1ccccc1OC(=O)Cn1c(C(F)(F)F)nc2ccccc21. The Balaban J connectivity index is 1.90. The minimum absolute atomic E-state index is 0.150. The van der Waals surface area contributed by atoms with Gasteiger partial charge >= 0.3 is 12.1 Å². The Hall–Kier alpha value is -3.03. The van der Waals surface area contributed by atoms with Gasteiger partial charge in [0, 0.05) is 0 Å². The summed E-state index contributed by atoms with van der Waals surface area (Å²) in [5, 5.41) is 0. The van der Waals surface area contributed by atoms with E-state index in [2.05, 4.69) is 4.98 Å². The van der Waals surface area contributed by atoms with Crippen molar-refractivity contribution in [2.24, 2.45) is 0 Å². The zero-order valence-corrected chi connectivity index (χ0v) is 13.8. The molecule has 0 saturated carbocycles. The van der Waals surface area contributed by atoms with Gasteiger partial charge in [-0.2, -0.15) is 13.2 Å². The van der Waals surface area contributed by atoms with Gasteiger partial charge < -0.3 is 14.0 Å². The van der Waals surface area contributed by atoms with Crippen LogP contribution in [0.15, 0.2) is 48.5 Å². The van der Waals surface area contributed by atoms with Crippen LogP contribution < -0.4 is 9.47 Å². The average molecular weight is 364 g/mol. The van der Waals surface area contributed by atoms with E-state index in [9.17, 15) is 18.0 Å². The summed E-state index contributed by atoms with van der Waals surface area (Å²) in [7, 11) is 0. The highest BCUT2D eigenvalue weighted by atomic mass is 19.4. The predicted molar refractivity (Wildman–Crippen MR) is 88.0 cm³/mol. The molecular weight excluding hydrogens is 349 g/mol. The van der Waals surface area contributed by atoms with Gasteiger partial charge in [-0.15, -0.1) is 0 Å². The molecule has 26 heavy (non-hydrogen) atoms. The van der Waals surface area contributed by atoms with E-state index < -0.39 is 24.5 Å². The quantitative estimate of drug-likeness (QED) is 0.506. The number of hydrogen-bond acceptors (Lipinski definition) is 4. The molecule has 8 heteroatoms. The van der Waals surface area contributed by atoms with Crippen molar-refractivity contribution >= 4 is 17.0 Å². The van der Waals surface area contributed by atoms with Gasteiger partial charge in [0.05, 0.1) is 17.6 Å². The van der Waals surface area contributed by atoms with E-state index in [0.29, 0.717) is 12.4 Å². The van der Waals surface area contributed by atoms with Crippen molar-refractivity contribution < 1.29 is 27.4 Å². The molecule has 5 nitrogen and oxygen atoms in total. The Labute approximate surface area is 147 Å². The number of imidazole rings is 1. The number of alkyl halides is 3. The number of hydrogen-bond donors (Lipinski definition) is 0. The van der Waals surface area contributed by atoms with Gasteiger partial charge in [0.1, 0.15) is 6.54 Å². The summed E-state index contributed by atoms with van der Waals surface area (Å²) < 4.78 is 51.2. The fraction of sp³-hybridized carbons (Fsp3) is 0.222. The second-order valence-electron chi connectivity index (χ2n) is 5.36. The van der Waals surface area contributed by atoms with Gasteiger partial charge in [0.2, 0.25) is 5.82 Å². The Morgan fingerprint density at radius 2 is 1.73 bits per heavy atom. The van der Waals surface area contributed by atoms with Crippen molar-refractivity contribution in [1.82, 2.24) is 9.55 Å². The summed E-state index contributed by atoms with van der Waals surface area (Å²) in [4.78, 5) is 15.9. The van der Waals surface area contributed by atoms with E-state index in [1.54, 1.807) is 37.3 Å². The number of benzene rings is 2. The molecule has 3 aromatic rings. The van der Waals surface area contributed by atoms with Crippen LogP contribution in [0.3, 0.4) is 0 Å². The zero-order valence-electron chi connectivity index (χ0n) is 13.8. The molecule has 0 aliphatic heterocycles. The molecule has 0 atom stereocenters. The Kier molecular flexibility index (Phi) is 4.83. The van der Waals surface area contributed by atoms with Crippen LogP contribution in [-0.2, 0) is 17.5 Å². The lowest BCUT2D eigenvalue weighted by molar-refractivity contribution is -0.148. The summed E-state index contributed by atoms with van der Waals surface area (Å²) in [6.07, 6.45) is -4.69. The molecule has 0 fully saturated rings. The zero-order chi connectivity index (χ0) is 18.7. The second-order valence-corrected chi connectivity index (χ2v) is 5.36. The lowest BCUT2D eigenvalue weighted by atomic mass is 10.3. The van der Waals surface area contributed by atoms with Gasteiger partial charge in [-0.3, -0.25) is 0 Å².